The fourth-order valence-electron chi connectivity index (χ4n) is 8.71. The van der Waals surface area contributed by atoms with Gasteiger partial charge in [0.15, 0.2) is 5.78 Å². The molecular formula is C28H41NaO6. The molecule has 4 aliphatic carbocycles. The Kier molecular flexibility index (Phi) is 8.44. The Bertz CT molecular complexity index is 898. The molecule has 6 nitrogen and oxygen atoms in total. The van der Waals surface area contributed by atoms with Gasteiger partial charge in [0.1, 0.15) is 0 Å². The van der Waals surface area contributed by atoms with Crippen molar-refractivity contribution in [3.8, 4) is 0 Å². The number of rotatable bonds is 6. The maximum atomic E-state index is 13.7. The number of ketones is 1. The number of carbonyl (C=O) groups excluding carboxylic acids is 3. The van der Waals surface area contributed by atoms with Gasteiger partial charge in [-0.2, -0.15) is 0 Å². The number of allylic oxidation sites excluding steroid dienone is 1. The SMILES string of the molecule is CCC1C2=CC(=O)CC[C@]2(C)[C@H]2CC[C@@]3(C)[C@@H](CC[C@]3(O)CCC(=O)[O-])[C@@H]2C1C(=O)OC(C)C.[Na+]. The first-order valence-corrected chi connectivity index (χ1v) is 13.3. The van der Waals surface area contributed by atoms with Crippen molar-refractivity contribution < 1.29 is 58.9 Å². The number of carboxylic acid groups (broad SMARTS) is 1. The molecule has 0 spiro atoms. The number of carboxylic acids is 1. The summed E-state index contributed by atoms with van der Waals surface area (Å²) >= 11 is 0. The van der Waals surface area contributed by atoms with Crippen molar-refractivity contribution in [2.45, 2.75) is 104 Å². The smallest absolute Gasteiger partial charge is 0.550 e. The molecule has 2 unspecified atom stereocenters. The number of aliphatic hydroxyl groups is 1. The first kappa shape index (κ1) is 28.9. The first-order valence-electron chi connectivity index (χ1n) is 13.3. The molecule has 0 radical (unpaired) electrons. The van der Waals surface area contributed by atoms with Crippen LogP contribution in [-0.4, -0.2) is 34.5 Å². The molecule has 0 aromatic rings. The topological polar surface area (TPSA) is 104 Å². The van der Waals surface area contributed by atoms with Crippen LogP contribution < -0.4 is 34.7 Å². The van der Waals surface area contributed by atoms with E-state index in [2.05, 4.69) is 20.8 Å². The zero-order valence-corrected chi connectivity index (χ0v) is 24.4. The fourth-order valence-corrected chi connectivity index (χ4v) is 8.71. The van der Waals surface area contributed by atoms with Gasteiger partial charge in [0.2, 0.25) is 0 Å². The summed E-state index contributed by atoms with van der Waals surface area (Å²) in [5.74, 6) is -1.19. The maximum Gasteiger partial charge on any atom is 1.00 e. The minimum Gasteiger partial charge on any atom is -0.550 e. The second-order valence-electron chi connectivity index (χ2n) is 12.2. The van der Waals surface area contributed by atoms with Gasteiger partial charge in [-0.05, 0) is 106 Å². The molecule has 8 atom stereocenters. The van der Waals surface area contributed by atoms with E-state index in [1.807, 2.05) is 19.9 Å². The fraction of sp³-hybridized carbons (Fsp3) is 0.821. The molecule has 0 aliphatic heterocycles. The van der Waals surface area contributed by atoms with Crippen LogP contribution in [0, 0.1) is 40.4 Å². The molecule has 7 heteroatoms. The van der Waals surface area contributed by atoms with Gasteiger partial charge in [-0.1, -0.05) is 26.3 Å². The van der Waals surface area contributed by atoms with Crippen molar-refractivity contribution >= 4 is 17.7 Å². The molecular weight excluding hydrogens is 455 g/mol. The standard InChI is InChI=1S/C28H42O6.Na/c1-6-18-21-15-17(29)7-11-26(21,4)19-8-12-27(5)20(9-13-28(27,33)14-10-22(30)31)24(19)23(18)25(32)34-16(2)3;/h15-16,18-20,23-24,33H,6-14H2,1-5H3,(H,30,31);/q;+1/p-1/t18?,19-,20-,23?,24+,26+,27-,28-;/m0./s1. The van der Waals surface area contributed by atoms with Crippen LogP contribution in [0.3, 0.4) is 0 Å². The molecule has 1 N–H and O–H groups in total. The molecule has 0 heterocycles. The monoisotopic (exact) mass is 496 g/mol. The largest absolute Gasteiger partial charge is 1.00 e. The molecule has 3 saturated carbocycles. The first-order chi connectivity index (χ1) is 15.9. The van der Waals surface area contributed by atoms with Gasteiger partial charge >= 0.3 is 35.5 Å². The normalized spacial score (nSPS) is 42.3. The second kappa shape index (κ2) is 10.2. The summed E-state index contributed by atoms with van der Waals surface area (Å²) in [6, 6.07) is 0. The molecule has 35 heavy (non-hydrogen) atoms. The molecule has 0 bridgehead atoms. The minimum atomic E-state index is -1.13. The predicted octanol–water partition coefficient (Wildman–Crippen LogP) is 0.597. The molecule has 0 amide bonds. The van der Waals surface area contributed by atoms with Crippen LogP contribution in [0.15, 0.2) is 11.6 Å². The summed E-state index contributed by atoms with van der Waals surface area (Å²) < 4.78 is 5.82. The molecule has 0 aromatic carbocycles. The van der Waals surface area contributed by atoms with Gasteiger partial charge in [0.05, 0.1) is 17.6 Å². The summed E-state index contributed by atoms with van der Waals surface area (Å²) in [5, 5.41) is 23.0. The Morgan fingerprint density at radius 1 is 1.17 bits per heavy atom. The van der Waals surface area contributed by atoms with Crippen molar-refractivity contribution in [3.63, 3.8) is 0 Å². The number of esters is 1. The third-order valence-electron chi connectivity index (χ3n) is 10.4. The Balaban J connectivity index is 0.00000342. The van der Waals surface area contributed by atoms with Gasteiger partial charge < -0.3 is 19.7 Å². The van der Waals surface area contributed by atoms with Crippen molar-refractivity contribution in [2.24, 2.45) is 40.4 Å². The van der Waals surface area contributed by atoms with E-state index in [-0.39, 0.29) is 95.3 Å². The Labute approximate surface area is 231 Å². The predicted molar refractivity (Wildman–Crippen MR) is 125 cm³/mol. The molecule has 4 aliphatic rings. The van der Waals surface area contributed by atoms with E-state index >= 15 is 0 Å². The van der Waals surface area contributed by atoms with Crippen molar-refractivity contribution in [3.05, 3.63) is 11.6 Å². The Morgan fingerprint density at radius 3 is 2.43 bits per heavy atom. The van der Waals surface area contributed by atoms with E-state index in [0.29, 0.717) is 12.8 Å². The van der Waals surface area contributed by atoms with E-state index in [1.54, 1.807) is 0 Å². The third kappa shape index (κ3) is 4.59. The number of aliphatic carboxylic acids is 1. The molecule has 190 valence electrons. The Hall–Kier alpha value is -0.690. The van der Waals surface area contributed by atoms with Crippen LogP contribution in [0.5, 0.6) is 0 Å². The maximum absolute atomic E-state index is 13.7. The summed E-state index contributed by atoms with van der Waals surface area (Å²) in [4.78, 5) is 37.4. The van der Waals surface area contributed by atoms with Crippen molar-refractivity contribution in [1.82, 2.24) is 0 Å². The molecule has 4 rings (SSSR count). The zero-order valence-electron chi connectivity index (χ0n) is 22.4. The molecule has 3 fully saturated rings. The average molecular weight is 497 g/mol. The number of hydrogen-bond acceptors (Lipinski definition) is 6. The van der Waals surface area contributed by atoms with E-state index in [9.17, 15) is 24.6 Å². The number of ether oxygens (including phenoxy) is 1. The average Bonchev–Trinajstić information content (AvgIpc) is 3.02. The zero-order chi connectivity index (χ0) is 25.1. The van der Waals surface area contributed by atoms with Gasteiger partial charge in [-0.3, -0.25) is 9.59 Å². The quantitative estimate of drug-likeness (QED) is 0.427. The summed E-state index contributed by atoms with van der Waals surface area (Å²) in [6.45, 7) is 10.2. The molecule has 0 saturated heterocycles. The van der Waals surface area contributed by atoms with Crippen LogP contribution in [-0.2, 0) is 19.1 Å². The Morgan fingerprint density at radius 2 is 1.83 bits per heavy atom. The van der Waals surface area contributed by atoms with Gasteiger partial charge in [0, 0.05) is 12.4 Å². The van der Waals surface area contributed by atoms with E-state index < -0.39 is 17.0 Å². The molecule has 0 aromatic heterocycles. The minimum absolute atomic E-state index is 0. The van der Waals surface area contributed by atoms with E-state index in [4.69, 9.17) is 4.74 Å². The number of carbonyl (C=O) groups is 3. The van der Waals surface area contributed by atoms with Crippen LogP contribution in [0.4, 0.5) is 0 Å². The van der Waals surface area contributed by atoms with Crippen molar-refractivity contribution in [1.29, 1.82) is 0 Å². The van der Waals surface area contributed by atoms with Crippen LogP contribution in [0.2, 0.25) is 0 Å². The van der Waals surface area contributed by atoms with E-state index in [1.165, 1.54) is 0 Å². The third-order valence-corrected chi connectivity index (χ3v) is 10.4. The van der Waals surface area contributed by atoms with Crippen LogP contribution in [0.25, 0.3) is 0 Å². The summed E-state index contributed by atoms with van der Waals surface area (Å²) in [5.41, 5.74) is -0.537. The summed E-state index contributed by atoms with van der Waals surface area (Å²) in [6.07, 6.45) is 6.72. The number of hydrogen-bond donors (Lipinski definition) is 1. The van der Waals surface area contributed by atoms with Crippen LogP contribution >= 0.6 is 0 Å². The van der Waals surface area contributed by atoms with E-state index in [0.717, 1.165) is 37.7 Å². The van der Waals surface area contributed by atoms with Gasteiger partial charge in [-0.15, -0.1) is 0 Å². The second-order valence-corrected chi connectivity index (χ2v) is 12.2. The van der Waals surface area contributed by atoms with Gasteiger partial charge in [0.25, 0.3) is 0 Å². The number of fused-ring (bicyclic) bond motifs is 5. The summed E-state index contributed by atoms with van der Waals surface area (Å²) in [7, 11) is 0. The van der Waals surface area contributed by atoms with Crippen LogP contribution in [0.1, 0.15) is 92.4 Å². The van der Waals surface area contributed by atoms with Gasteiger partial charge in [-0.25, -0.2) is 0 Å². The van der Waals surface area contributed by atoms with Crippen molar-refractivity contribution in [2.75, 3.05) is 0 Å².